The Morgan fingerprint density at radius 3 is 2.42 bits per heavy atom. The first-order chi connectivity index (χ1) is 11.5. The molecule has 0 atom stereocenters. The van der Waals surface area contributed by atoms with Crippen LogP contribution in [0.2, 0.25) is 0 Å². The van der Waals surface area contributed by atoms with Crippen molar-refractivity contribution < 1.29 is 4.79 Å². The van der Waals surface area contributed by atoms with E-state index in [4.69, 9.17) is 0 Å². The van der Waals surface area contributed by atoms with Gasteiger partial charge in [0.05, 0.1) is 6.42 Å². The van der Waals surface area contributed by atoms with Gasteiger partial charge >= 0.3 is 0 Å². The molecule has 24 heavy (non-hydrogen) atoms. The maximum atomic E-state index is 12.6. The zero-order valence-corrected chi connectivity index (χ0v) is 15.8. The summed E-state index contributed by atoms with van der Waals surface area (Å²) < 4.78 is 1.01. The summed E-state index contributed by atoms with van der Waals surface area (Å²) in [6.07, 6.45) is 0.463. The summed E-state index contributed by atoms with van der Waals surface area (Å²) in [7, 11) is 0. The summed E-state index contributed by atoms with van der Waals surface area (Å²) >= 11 is 3.52. The maximum Gasteiger partial charge on any atom is 0.227 e. The Bertz CT molecular complexity index is 736. The predicted molar refractivity (Wildman–Crippen MR) is 103 cm³/mol. The maximum absolute atomic E-state index is 12.6. The molecule has 0 radical (unpaired) electrons. The van der Waals surface area contributed by atoms with Crippen molar-refractivity contribution in [2.75, 3.05) is 31.1 Å². The summed E-state index contributed by atoms with van der Waals surface area (Å²) in [4.78, 5) is 16.9. The average Bonchev–Trinajstić information content (AvgIpc) is 2.57. The van der Waals surface area contributed by atoms with E-state index in [0.29, 0.717) is 6.42 Å². The second-order valence-corrected chi connectivity index (χ2v) is 7.28. The molecule has 0 N–H and O–H groups in total. The van der Waals surface area contributed by atoms with E-state index < -0.39 is 0 Å². The minimum atomic E-state index is 0.210. The molecule has 1 saturated heterocycles. The molecule has 2 aromatic carbocycles. The Kier molecular flexibility index (Phi) is 5.24. The van der Waals surface area contributed by atoms with Gasteiger partial charge in [-0.05, 0) is 37.1 Å². The highest BCUT2D eigenvalue weighted by Gasteiger charge is 2.22. The molecule has 0 bridgehead atoms. The molecule has 0 aromatic heterocycles. The standard InChI is InChI=1S/C20H23BrN2O/c1-15-7-8-19(16(2)13-15)22-9-11-23(12-10-22)20(24)14-17-5-3-4-6-18(17)21/h3-8,13H,9-12,14H2,1-2H3. The lowest BCUT2D eigenvalue weighted by Crippen LogP contribution is -2.49. The minimum Gasteiger partial charge on any atom is -0.368 e. The van der Waals surface area contributed by atoms with Crippen LogP contribution in [0.5, 0.6) is 0 Å². The van der Waals surface area contributed by atoms with Crippen LogP contribution in [0.3, 0.4) is 0 Å². The fraction of sp³-hybridized carbons (Fsp3) is 0.350. The second-order valence-electron chi connectivity index (χ2n) is 6.43. The van der Waals surface area contributed by atoms with Crippen molar-refractivity contribution in [3.63, 3.8) is 0 Å². The van der Waals surface area contributed by atoms with E-state index in [2.05, 4.69) is 52.9 Å². The molecule has 4 heteroatoms. The van der Waals surface area contributed by atoms with E-state index in [1.165, 1.54) is 16.8 Å². The molecular weight excluding hydrogens is 364 g/mol. The van der Waals surface area contributed by atoms with Crippen LogP contribution in [-0.4, -0.2) is 37.0 Å². The molecule has 0 saturated carbocycles. The van der Waals surface area contributed by atoms with Crippen molar-refractivity contribution in [1.29, 1.82) is 0 Å². The summed E-state index contributed by atoms with van der Waals surface area (Å²) in [5.74, 6) is 0.210. The summed E-state index contributed by atoms with van der Waals surface area (Å²) in [6, 6.07) is 14.5. The Balaban J connectivity index is 1.60. The molecule has 1 aliphatic heterocycles. The number of hydrogen-bond acceptors (Lipinski definition) is 2. The molecule has 0 aliphatic carbocycles. The van der Waals surface area contributed by atoms with Gasteiger partial charge in [0.15, 0.2) is 0 Å². The van der Waals surface area contributed by atoms with Gasteiger partial charge in [0, 0.05) is 36.3 Å². The number of hydrogen-bond donors (Lipinski definition) is 0. The number of benzene rings is 2. The molecule has 1 aliphatic rings. The van der Waals surface area contributed by atoms with Crippen LogP contribution in [0.15, 0.2) is 46.9 Å². The Morgan fingerprint density at radius 2 is 1.75 bits per heavy atom. The molecule has 3 rings (SSSR count). The van der Waals surface area contributed by atoms with E-state index >= 15 is 0 Å². The number of amides is 1. The lowest BCUT2D eigenvalue weighted by Gasteiger charge is -2.37. The zero-order chi connectivity index (χ0) is 17.1. The van der Waals surface area contributed by atoms with Gasteiger partial charge in [-0.15, -0.1) is 0 Å². The lowest BCUT2D eigenvalue weighted by molar-refractivity contribution is -0.130. The highest BCUT2D eigenvalue weighted by molar-refractivity contribution is 9.10. The van der Waals surface area contributed by atoms with E-state index in [0.717, 1.165) is 36.2 Å². The number of rotatable bonds is 3. The van der Waals surface area contributed by atoms with Crippen LogP contribution in [0, 0.1) is 13.8 Å². The summed E-state index contributed by atoms with van der Waals surface area (Å²) in [6.45, 7) is 7.65. The smallest absolute Gasteiger partial charge is 0.227 e. The SMILES string of the molecule is Cc1ccc(N2CCN(C(=O)Cc3ccccc3Br)CC2)c(C)c1. The fourth-order valence-electron chi connectivity index (χ4n) is 3.27. The first kappa shape index (κ1) is 17.0. The minimum absolute atomic E-state index is 0.210. The third kappa shape index (κ3) is 3.81. The monoisotopic (exact) mass is 386 g/mol. The Hall–Kier alpha value is -1.81. The van der Waals surface area contributed by atoms with E-state index in [9.17, 15) is 4.79 Å². The first-order valence-corrected chi connectivity index (χ1v) is 9.17. The summed E-state index contributed by atoms with van der Waals surface area (Å²) in [5.41, 5.74) is 4.94. The average molecular weight is 387 g/mol. The highest BCUT2D eigenvalue weighted by atomic mass is 79.9. The number of piperazine rings is 1. The summed E-state index contributed by atoms with van der Waals surface area (Å²) in [5, 5.41) is 0. The van der Waals surface area contributed by atoms with Crippen LogP contribution in [0.1, 0.15) is 16.7 Å². The molecule has 1 amide bonds. The quantitative estimate of drug-likeness (QED) is 0.796. The number of carbonyl (C=O) groups is 1. The van der Waals surface area contributed by atoms with Gasteiger partial charge in [-0.25, -0.2) is 0 Å². The predicted octanol–water partition coefficient (Wildman–Crippen LogP) is 3.96. The Morgan fingerprint density at radius 1 is 1.04 bits per heavy atom. The van der Waals surface area contributed by atoms with Gasteiger partial charge in [0.1, 0.15) is 0 Å². The van der Waals surface area contributed by atoms with Crippen molar-refractivity contribution in [2.45, 2.75) is 20.3 Å². The van der Waals surface area contributed by atoms with Crippen molar-refractivity contribution in [3.05, 3.63) is 63.6 Å². The largest absolute Gasteiger partial charge is 0.368 e. The van der Waals surface area contributed by atoms with Crippen LogP contribution in [0.25, 0.3) is 0 Å². The fourth-order valence-corrected chi connectivity index (χ4v) is 3.70. The van der Waals surface area contributed by atoms with Crippen molar-refractivity contribution in [2.24, 2.45) is 0 Å². The first-order valence-electron chi connectivity index (χ1n) is 8.38. The van der Waals surface area contributed by atoms with Gasteiger partial charge in [-0.2, -0.15) is 0 Å². The third-order valence-corrected chi connectivity index (χ3v) is 5.40. The number of anilines is 1. The molecule has 1 fully saturated rings. The van der Waals surface area contributed by atoms with Gasteiger partial charge in [-0.1, -0.05) is 51.8 Å². The van der Waals surface area contributed by atoms with Crippen molar-refractivity contribution >= 4 is 27.5 Å². The van der Waals surface area contributed by atoms with Gasteiger partial charge in [-0.3, -0.25) is 4.79 Å². The molecule has 1 heterocycles. The molecule has 0 spiro atoms. The number of halogens is 1. The van der Waals surface area contributed by atoms with Crippen LogP contribution in [-0.2, 0) is 11.2 Å². The number of aryl methyl sites for hydroxylation is 2. The van der Waals surface area contributed by atoms with Crippen LogP contribution < -0.4 is 4.90 Å². The van der Waals surface area contributed by atoms with E-state index in [1.54, 1.807) is 0 Å². The lowest BCUT2D eigenvalue weighted by atomic mass is 10.1. The van der Waals surface area contributed by atoms with Gasteiger partial charge < -0.3 is 9.80 Å². The molecule has 126 valence electrons. The van der Waals surface area contributed by atoms with E-state index in [-0.39, 0.29) is 5.91 Å². The number of carbonyl (C=O) groups excluding carboxylic acids is 1. The second kappa shape index (κ2) is 7.39. The number of nitrogens with zero attached hydrogens (tertiary/aromatic N) is 2. The topological polar surface area (TPSA) is 23.6 Å². The molecular formula is C20H23BrN2O. The highest BCUT2D eigenvalue weighted by Crippen LogP contribution is 2.23. The molecule has 0 unspecified atom stereocenters. The zero-order valence-electron chi connectivity index (χ0n) is 14.3. The molecule has 2 aromatic rings. The Labute approximate surface area is 152 Å². The van der Waals surface area contributed by atoms with Gasteiger partial charge in [0.2, 0.25) is 5.91 Å². The normalized spacial score (nSPS) is 14.8. The molecule has 3 nitrogen and oxygen atoms in total. The van der Waals surface area contributed by atoms with Crippen LogP contribution >= 0.6 is 15.9 Å². The van der Waals surface area contributed by atoms with Crippen molar-refractivity contribution in [1.82, 2.24) is 4.90 Å². The van der Waals surface area contributed by atoms with E-state index in [1.807, 2.05) is 29.2 Å². The van der Waals surface area contributed by atoms with Gasteiger partial charge in [0.25, 0.3) is 0 Å². The van der Waals surface area contributed by atoms with Crippen molar-refractivity contribution in [3.8, 4) is 0 Å². The third-order valence-electron chi connectivity index (χ3n) is 4.62. The van der Waals surface area contributed by atoms with Crippen LogP contribution in [0.4, 0.5) is 5.69 Å².